The van der Waals surface area contributed by atoms with Crippen molar-refractivity contribution in [1.82, 2.24) is 15.6 Å². The van der Waals surface area contributed by atoms with Crippen LogP contribution in [-0.2, 0) is 0 Å². The predicted octanol–water partition coefficient (Wildman–Crippen LogP) is 1.14. The molecule has 6 nitrogen and oxygen atoms in total. The van der Waals surface area contributed by atoms with E-state index < -0.39 is 0 Å². The van der Waals surface area contributed by atoms with Gasteiger partial charge in [-0.25, -0.2) is 4.98 Å². The summed E-state index contributed by atoms with van der Waals surface area (Å²) in [6, 6.07) is 8.45. The third-order valence-corrected chi connectivity index (χ3v) is 2.56. The van der Waals surface area contributed by atoms with Gasteiger partial charge in [-0.2, -0.15) is 0 Å². The van der Waals surface area contributed by atoms with Crippen LogP contribution >= 0.6 is 0 Å². The summed E-state index contributed by atoms with van der Waals surface area (Å²) in [5.74, 6) is -0.324. The number of carbonyl (C=O) groups excluding carboxylic acids is 2. The van der Waals surface area contributed by atoms with Crippen LogP contribution in [0.2, 0.25) is 0 Å². The molecule has 20 heavy (non-hydrogen) atoms. The molecule has 0 atom stereocenters. The van der Waals surface area contributed by atoms with E-state index in [1.165, 1.54) is 6.26 Å². The predicted molar refractivity (Wildman–Crippen MR) is 72.3 cm³/mol. The average molecular weight is 273 g/mol. The van der Waals surface area contributed by atoms with Crippen molar-refractivity contribution in [3.63, 3.8) is 0 Å². The van der Waals surface area contributed by atoms with Crippen molar-refractivity contribution in [2.45, 2.75) is 6.92 Å². The molecule has 2 aromatic heterocycles. The number of furan rings is 1. The lowest BCUT2D eigenvalue weighted by molar-refractivity contribution is 0.0909. The molecule has 0 spiro atoms. The van der Waals surface area contributed by atoms with Crippen molar-refractivity contribution < 1.29 is 14.0 Å². The van der Waals surface area contributed by atoms with E-state index in [1.54, 1.807) is 24.3 Å². The first-order valence-corrected chi connectivity index (χ1v) is 6.20. The minimum Gasteiger partial charge on any atom is -0.459 e. The summed E-state index contributed by atoms with van der Waals surface area (Å²) in [7, 11) is 0. The third-order valence-electron chi connectivity index (χ3n) is 2.56. The van der Waals surface area contributed by atoms with E-state index in [1.807, 2.05) is 13.0 Å². The number of nitrogens with zero attached hydrogens (tertiary/aromatic N) is 1. The molecule has 2 N–H and O–H groups in total. The minimum atomic E-state index is -0.307. The van der Waals surface area contributed by atoms with Gasteiger partial charge in [0.2, 0.25) is 0 Å². The number of aromatic nitrogens is 1. The SMILES string of the molecule is Cc1cccc(C(=O)NCCNC(=O)c2ccco2)n1. The van der Waals surface area contributed by atoms with Gasteiger partial charge in [-0.15, -0.1) is 0 Å². The van der Waals surface area contributed by atoms with Crippen molar-refractivity contribution in [1.29, 1.82) is 0 Å². The maximum absolute atomic E-state index is 11.8. The average Bonchev–Trinajstić information content (AvgIpc) is 2.97. The van der Waals surface area contributed by atoms with Crippen LogP contribution in [-0.4, -0.2) is 29.9 Å². The largest absolute Gasteiger partial charge is 0.459 e. The topological polar surface area (TPSA) is 84.2 Å². The lowest BCUT2D eigenvalue weighted by Crippen LogP contribution is -2.34. The molecule has 104 valence electrons. The molecule has 0 aliphatic rings. The summed E-state index contributed by atoms with van der Waals surface area (Å²) < 4.78 is 4.95. The van der Waals surface area contributed by atoms with Crippen molar-refractivity contribution in [2.24, 2.45) is 0 Å². The fourth-order valence-electron chi connectivity index (χ4n) is 1.61. The van der Waals surface area contributed by atoms with Crippen LogP contribution in [0.3, 0.4) is 0 Å². The molecular formula is C14H15N3O3. The molecular weight excluding hydrogens is 258 g/mol. The Morgan fingerprint density at radius 2 is 1.85 bits per heavy atom. The first-order valence-electron chi connectivity index (χ1n) is 6.20. The highest BCUT2D eigenvalue weighted by Gasteiger charge is 2.08. The van der Waals surface area contributed by atoms with Gasteiger partial charge in [0, 0.05) is 18.8 Å². The summed E-state index contributed by atoms with van der Waals surface area (Å²) in [4.78, 5) is 27.4. The molecule has 0 aliphatic heterocycles. The normalized spacial score (nSPS) is 10.1. The summed E-state index contributed by atoms with van der Waals surface area (Å²) in [6.07, 6.45) is 1.43. The van der Waals surface area contributed by atoms with Crippen molar-refractivity contribution in [3.8, 4) is 0 Å². The van der Waals surface area contributed by atoms with Crippen LogP contribution in [0.1, 0.15) is 26.7 Å². The van der Waals surface area contributed by atoms with Crippen molar-refractivity contribution in [3.05, 3.63) is 53.7 Å². The van der Waals surface area contributed by atoms with E-state index in [2.05, 4.69) is 15.6 Å². The maximum atomic E-state index is 11.8. The Balaban J connectivity index is 1.73. The molecule has 0 bridgehead atoms. The lowest BCUT2D eigenvalue weighted by Gasteiger charge is -2.06. The molecule has 0 aromatic carbocycles. The third kappa shape index (κ3) is 3.68. The second-order valence-corrected chi connectivity index (χ2v) is 4.15. The van der Waals surface area contributed by atoms with Crippen LogP contribution in [0.15, 0.2) is 41.0 Å². The number of hydrogen-bond donors (Lipinski definition) is 2. The Hall–Kier alpha value is -2.63. The molecule has 2 amide bonds. The molecule has 2 aromatic rings. The number of aryl methyl sites for hydroxylation is 1. The standard InChI is InChI=1S/C14H15N3O3/c1-10-4-2-5-11(17-10)13(18)15-7-8-16-14(19)12-6-3-9-20-12/h2-6,9H,7-8H2,1H3,(H,15,18)(H,16,19). The summed E-state index contributed by atoms with van der Waals surface area (Å²) >= 11 is 0. The van der Waals surface area contributed by atoms with Crippen LogP contribution in [0, 0.1) is 6.92 Å². The van der Waals surface area contributed by atoms with Gasteiger partial charge in [-0.05, 0) is 31.2 Å². The van der Waals surface area contributed by atoms with E-state index in [0.29, 0.717) is 18.8 Å². The van der Waals surface area contributed by atoms with Crippen LogP contribution in [0.25, 0.3) is 0 Å². The van der Waals surface area contributed by atoms with Gasteiger partial charge >= 0.3 is 0 Å². The minimum absolute atomic E-state index is 0.247. The highest BCUT2D eigenvalue weighted by atomic mass is 16.3. The number of rotatable bonds is 5. The van der Waals surface area contributed by atoms with Crippen LogP contribution in [0.4, 0.5) is 0 Å². The quantitative estimate of drug-likeness (QED) is 0.800. The number of carbonyl (C=O) groups is 2. The van der Waals surface area contributed by atoms with Crippen LogP contribution < -0.4 is 10.6 Å². The van der Waals surface area contributed by atoms with Gasteiger partial charge < -0.3 is 15.1 Å². The monoisotopic (exact) mass is 273 g/mol. The van der Waals surface area contributed by atoms with Gasteiger partial charge in [-0.3, -0.25) is 9.59 Å². The Labute approximate surface area is 116 Å². The number of amides is 2. The Morgan fingerprint density at radius 1 is 1.10 bits per heavy atom. The van der Waals surface area contributed by atoms with Gasteiger partial charge in [-0.1, -0.05) is 6.07 Å². The molecule has 0 radical (unpaired) electrons. The molecule has 0 saturated carbocycles. The Kier molecular flexibility index (Phi) is 4.49. The second-order valence-electron chi connectivity index (χ2n) is 4.15. The second kappa shape index (κ2) is 6.51. The fourth-order valence-corrected chi connectivity index (χ4v) is 1.61. The molecule has 0 fully saturated rings. The van der Waals surface area contributed by atoms with E-state index in [9.17, 15) is 9.59 Å². The molecule has 2 rings (SSSR count). The van der Waals surface area contributed by atoms with E-state index >= 15 is 0 Å². The smallest absolute Gasteiger partial charge is 0.287 e. The summed E-state index contributed by atoms with van der Waals surface area (Å²) in [5.41, 5.74) is 1.14. The van der Waals surface area contributed by atoms with E-state index in [4.69, 9.17) is 4.42 Å². The van der Waals surface area contributed by atoms with Crippen molar-refractivity contribution >= 4 is 11.8 Å². The lowest BCUT2D eigenvalue weighted by atomic mass is 10.3. The molecule has 0 aliphatic carbocycles. The first kappa shape index (κ1) is 13.8. The van der Waals surface area contributed by atoms with Gasteiger partial charge in [0.05, 0.1) is 6.26 Å². The Bertz CT molecular complexity index is 593. The van der Waals surface area contributed by atoms with Gasteiger partial charge in [0.1, 0.15) is 5.69 Å². The highest BCUT2D eigenvalue weighted by Crippen LogP contribution is 1.99. The Morgan fingerprint density at radius 3 is 2.50 bits per heavy atom. The zero-order valence-electron chi connectivity index (χ0n) is 11.1. The number of nitrogens with one attached hydrogen (secondary N) is 2. The van der Waals surface area contributed by atoms with Crippen molar-refractivity contribution in [2.75, 3.05) is 13.1 Å². The maximum Gasteiger partial charge on any atom is 0.287 e. The van der Waals surface area contributed by atoms with Crippen LogP contribution in [0.5, 0.6) is 0 Å². The molecule has 0 saturated heterocycles. The number of hydrogen-bond acceptors (Lipinski definition) is 4. The molecule has 6 heteroatoms. The first-order chi connectivity index (χ1) is 9.66. The zero-order chi connectivity index (χ0) is 14.4. The summed E-state index contributed by atoms with van der Waals surface area (Å²) in [5, 5.41) is 5.32. The zero-order valence-corrected chi connectivity index (χ0v) is 11.1. The fraction of sp³-hybridized carbons (Fsp3) is 0.214. The van der Waals surface area contributed by atoms with E-state index in [-0.39, 0.29) is 17.6 Å². The number of pyridine rings is 1. The van der Waals surface area contributed by atoms with E-state index in [0.717, 1.165) is 5.69 Å². The summed E-state index contributed by atoms with van der Waals surface area (Å²) in [6.45, 7) is 2.46. The highest BCUT2D eigenvalue weighted by molar-refractivity contribution is 5.92. The molecule has 0 unspecified atom stereocenters. The van der Waals surface area contributed by atoms with Gasteiger partial charge in [0.25, 0.3) is 11.8 Å². The molecule has 2 heterocycles. The van der Waals surface area contributed by atoms with Gasteiger partial charge in [0.15, 0.2) is 5.76 Å².